The van der Waals surface area contributed by atoms with E-state index in [4.69, 9.17) is 10.2 Å². The minimum atomic E-state index is -1.98. The first-order chi connectivity index (χ1) is 18.8. The van der Waals surface area contributed by atoms with Gasteiger partial charge in [-0.25, -0.2) is 9.59 Å². The molecule has 0 fully saturated rings. The van der Waals surface area contributed by atoms with Gasteiger partial charge in [0.2, 0.25) is 0 Å². The van der Waals surface area contributed by atoms with Gasteiger partial charge in [0.1, 0.15) is 0 Å². The predicted molar refractivity (Wildman–Crippen MR) is 165 cm³/mol. The quantitative estimate of drug-likeness (QED) is 0.0886. The predicted octanol–water partition coefficient (Wildman–Crippen LogP) is 8.09. The van der Waals surface area contributed by atoms with Crippen LogP contribution in [0.25, 0.3) is 0 Å². The van der Waals surface area contributed by atoms with Gasteiger partial charge in [0.05, 0.1) is 5.92 Å². The molecule has 6 nitrogen and oxygen atoms in total. The largest absolute Gasteiger partial charge is 0.479 e. The summed E-state index contributed by atoms with van der Waals surface area (Å²) in [4.78, 5) is 22.3. The molecule has 0 saturated heterocycles. The summed E-state index contributed by atoms with van der Waals surface area (Å²) in [5, 5.41) is 37.8. The number of allylic oxidation sites excluding steroid dienone is 11. The number of hydrogen-bond donors (Lipinski definition) is 4. The van der Waals surface area contributed by atoms with Crippen LogP contribution in [0.3, 0.4) is 0 Å². The number of aliphatic hydroxyl groups excluding tert-OH is 2. The Morgan fingerprint density at radius 3 is 1.12 bits per heavy atom. The summed E-state index contributed by atoms with van der Waals surface area (Å²) in [7, 11) is 0. The van der Waals surface area contributed by atoms with E-state index < -0.39 is 30.1 Å². The normalized spacial score (nSPS) is 16.0. The zero-order valence-electron chi connectivity index (χ0n) is 25.9. The third-order valence-electron chi connectivity index (χ3n) is 7.02. The van der Waals surface area contributed by atoms with Crippen LogP contribution in [0, 0.1) is 5.92 Å². The fourth-order valence-electron chi connectivity index (χ4n) is 4.39. The Labute approximate surface area is 242 Å². The Morgan fingerprint density at radius 1 is 0.500 bits per heavy atom. The second-order valence-electron chi connectivity index (χ2n) is 11.3. The average Bonchev–Trinajstić information content (AvgIpc) is 2.86. The number of hydrogen-bond acceptors (Lipinski definition) is 4. The van der Waals surface area contributed by atoms with Crippen molar-refractivity contribution in [1.29, 1.82) is 0 Å². The smallest absolute Gasteiger partial charge is 0.333 e. The van der Waals surface area contributed by atoms with E-state index in [2.05, 4.69) is 65.0 Å². The molecule has 0 aliphatic carbocycles. The molecule has 0 aromatic carbocycles. The van der Waals surface area contributed by atoms with E-state index in [1.54, 1.807) is 13.0 Å². The lowest BCUT2D eigenvalue weighted by Gasteiger charge is -2.23. The third-order valence-corrected chi connectivity index (χ3v) is 7.02. The summed E-state index contributed by atoms with van der Waals surface area (Å²) in [5.41, 5.74) is 7.21. The molecule has 0 spiro atoms. The lowest BCUT2D eigenvalue weighted by molar-refractivity contribution is -0.158. The van der Waals surface area contributed by atoms with Crippen LogP contribution in [0.5, 0.6) is 0 Å². The molecule has 0 saturated carbocycles. The van der Waals surface area contributed by atoms with E-state index in [0.717, 1.165) is 57.8 Å². The summed E-state index contributed by atoms with van der Waals surface area (Å²) in [5.74, 6) is -4.52. The number of aliphatic carboxylic acids is 2. The number of aliphatic hydroxyl groups is 2. The van der Waals surface area contributed by atoms with Crippen LogP contribution in [0.4, 0.5) is 0 Å². The molecule has 0 aliphatic heterocycles. The number of carboxylic acids is 2. The van der Waals surface area contributed by atoms with Crippen LogP contribution in [0.15, 0.2) is 69.9 Å². The van der Waals surface area contributed by atoms with Crippen LogP contribution in [0.1, 0.15) is 113 Å². The molecule has 6 heteroatoms. The highest BCUT2D eigenvalue weighted by molar-refractivity contribution is 5.78. The maximum absolute atomic E-state index is 11.1. The van der Waals surface area contributed by atoms with Gasteiger partial charge in [-0.3, -0.25) is 0 Å². The molecule has 2 atom stereocenters. The Bertz CT molecular complexity index is 952. The van der Waals surface area contributed by atoms with Crippen molar-refractivity contribution in [2.45, 2.75) is 125 Å². The summed E-state index contributed by atoms with van der Waals surface area (Å²) in [6.07, 6.45) is 19.1. The first kappa shape index (κ1) is 37.3. The monoisotopic (exact) mass is 558 g/mol. The second-order valence-corrected chi connectivity index (χ2v) is 11.3. The van der Waals surface area contributed by atoms with E-state index in [-0.39, 0.29) is 0 Å². The van der Waals surface area contributed by atoms with Crippen LogP contribution >= 0.6 is 0 Å². The van der Waals surface area contributed by atoms with Crippen LogP contribution in [0.2, 0.25) is 0 Å². The van der Waals surface area contributed by atoms with Gasteiger partial charge in [-0.05, 0) is 113 Å². The molecule has 0 rings (SSSR count). The molecule has 226 valence electrons. The molecule has 0 heterocycles. The van der Waals surface area contributed by atoms with E-state index in [1.165, 1.54) is 27.9 Å². The lowest BCUT2D eigenvalue weighted by atomic mass is 9.87. The second kappa shape index (κ2) is 21.1. The highest BCUT2D eigenvalue weighted by Crippen LogP contribution is 2.22. The molecule has 0 aromatic rings. The number of rotatable bonds is 20. The Balaban J connectivity index is 4.51. The molecule has 0 radical (unpaired) electrons. The van der Waals surface area contributed by atoms with Crippen LogP contribution < -0.4 is 0 Å². The van der Waals surface area contributed by atoms with Crippen molar-refractivity contribution >= 4 is 11.9 Å². The van der Waals surface area contributed by atoms with E-state index in [1.807, 2.05) is 6.92 Å². The summed E-state index contributed by atoms with van der Waals surface area (Å²) < 4.78 is 0. The first-order valence-electron chi connectivity index (χ1n) is 14.5. The Morgan fingerprint density at radius 2 is 0.800 bits per heavy atom. The van der Waals surface area contributed by atoms with Crippen molar-refractivity contribution in [2.24, 2.45) is 5.92 Å². The van der Waals surface area contributed by atoms with Gasteiger partial charge in [-0.2, -0.15) is 0 Å². The van der Waals surface area contributed by atoms with Gasteiger partial charge in [0.25, 0.3) is 0 Å². The third kappa shape index (κ3) is 17.8. The van der Waals surface area contributed by atoms with Gasteiger partial charge in [-0.1, -0.05) is 69.9 Å². The van der Waals surface area contributed by atoms with E-state index >= 15 is 0 Å². The van der Waals surface area contributed by atoms with Crippen LogP contribution in [-0.4, -0.2) is 44.6 Å². The van der Waals surface area contributed by atoms with Gasteiger partial charge in [-0.15, -0.1) is 0 Å². The zero-order valence-corrected chi connectivity index (χ0v) is 25.9. The lowest BCUT2D eigenvalue weighted by Crippen LogP contribution is -2.42. The van der Waals surface area contributed by atoms with Crippen molar-refractivity contribution in [3.05, 3.63) is 69.9 Å². The standard InChI is InChI=1S/C34H54O6/c1-24(2)14-10-17-27(5)20-11-18-25(3)15-8-9-16-26(4)19-12-21-28(6)22-13-23-29(7)30(31(35)33(37)38)32(36)34(39)40/h14-16,20-21,23,30-32,35-36H,8-13,17-19,22H2,1-7H3,(H,37,38)(H,39,40). The van der Waals surface area contributed by atoms with Crippen molar-refractivity contribution in [3.8, 4) is 0 Å². The van der Waals surface area contributed by atoms with Crippen molar-refractivity contribution < 1.29 is 30.0 Å². The molecule has 0 aromatic heterocycles. The minimum Gasteiger partial charge on any atom is -0.479 e. The van der Waals surface area contributed by atoms with Crippen molar-refractivity contribution in [2.75, 3.05) is 0 Å². The zero-order chi connectivity index (χ0) is 30.7. The fourth-order valence-corrected chi connectivity index (χ4v) is 4.39. The highest BCUT2D eigenvalue weighted by Gasteiger charge is 2.37. The van der Waals surface area contributed by atoms with Gasteiger partial charge < -0.3 is 20.4 Å². The summed E-state index contributed by atoms with van der Waals surface area (Å²) in [6, 6.07) is 0. The first-order valence-corrected chi connectivity index (χ1v) is 14.5. The number of carbonyl (C=O) groups is 2. The summed E-state index contributed by atoms with van der Waals surface area (Å²) >= 11 is 0. The van der Waals surface area contributed by atoms with Gasteiger partial charge in [0, 0.05) is 0 Å². The highest BCUT2D eigenvalue weighted by atomic mass is 16.4. The Kier molecular flexibility index (Phi) is 19.7. The molecule has 0 aliphatic rings. The molecule has 0 bridgehead atoms. The minimum absolute atomic E-state index is 0.349. The van der Waals surface area contributed by atoms with Gasteiger partial charge >= 0.3 is 11.9 Å². The molecule has 40 heavy (non-hydrogen) atoms. The van der Waals surface area contributed by atoms with Crippen molar-refractivity contribution in [3.63, 3.8) is 0 Å². The maximum atomic E-state index is 11.1. The van der Waals surface area contributed by atoms with Gasteiger partial charge in [0.15, 0.2) is 12.2 Å². The number of unbranched alkanes of at least 4 members (excludes halogenated alkanes) is 1. The molecule has 4 N–H and O–H groups in total. The van der Waals surface area contributed by atoms with E-state index in [9.17, 15) is 19.8 Å². The van der Waals surface area contributed by atoms with E-state index in [0.29, 0.717) is 12.0 Å². The summed E-state index contributed by atoms with van der Waals surface area (Å²) in [6.45, 7) is 14.5. The SMILES string of the molecule is CC(C)=CCCC(C)=CCCC(C)=CCCC=C(C)CCC=C(C)CCC=C(C)C(C(O)C(=O)O)C(O)C(=O)O. The molecule has 0 amide bonds. The van der Waals surface area contributed by atoms with Crippen molar-refractivity contribution in [1.82, 2.24) is 0 Å². The average molecular weight is 559 g/mol. The topological polar surface area (TPSA) is 115 Å². The number of carboxylic acid groups (broad SMARTS) is 2. The molecule has 2 unspecified atom stereocenters. The maximum Gasteiger partial charge on any atom is 0.333 e. The molecular weight excluding hydrogens is 504 g/mol. The molecular formula is C34H54O6. The van der Waals surface area contributed by atoms with Crippen LogP contribution in [-0.2, 0) is 9.59 Å². The Hall–Kier alpha value is -2.70. The fraction of sp³-hybridized carbons (Fsp3) is 0.588.